The summed E-state index contributed by atoms with van der Waals surface area (Å²) in [5, 5.41) is 9.59. The van der Waals surface area contributed by atoms with Crippen LogP contribution in [0, 0.1) is 6.92 Å². The highest BCUT2D eigenvalue weighted by molar-refractivity contribution is 5.84. The van der Waals surface area contributed by atoms with Gasteiger partial charge in [0.25, 0.3) is 5.56 Å². The maximum Gasteiger partial charge on any atom is 0.303 e. The van der Waals surface area contributed by atoms with Crippen LogP contribution in [0.1, 0.15) is 17.5 Å². The first kappa shape index (κ1) is 13.1. The van der Waals surface area contributed by atoms with Gasteiger partial charge in [0.15, 0.2) is 0 Å². The van der Waals surface area contributed by atoms with E-state index in [1.807, 2.05) is 13.0 Å². The topological polar surface area (TPSA) is 79.4 Å². The van der Waals surface area contributed by atoms with E-state index in [1.165, 1.54) is 0 Å². The van der Waals surface area contributed by atoms with Crippen LogP contribution in [0.25, 0.3) is 10.9 Å². The number of ether oxygens (including phenoxy) is 1. The van der Waals surface area contributed by atoms with Gasteiger partial charge in [-0.1, -0.05) is 0 Å². The molecule has 0 bridgehead atoms. The molecule has 0 radical (unpaired) electrons. The number of rotatable bonds is 4. The third kappa shape index (κ3) is 2.59. The molecule has 1 aromatic carbocycles. The van der Waals surface area contributed by atoms with Gasteiger partial charge in [-0.05, 0) is 37.1 Å². The number of aromatic nitrogens is 1. The molecule has 0 amide bonds. The third-order valence-electron chi connectivity index (χ3n) is 3.19. The van der Waals surface area contributed by atoms with Crippen LogP contribution in [0.15, 0.2) is 23.0 Å². The average Bonchev–Trinajstić information content (AvgIpc) is 2.38. The summed E-state index contributed by atoms with van der Waals surface area (Å²) in [6.07, 6.45) is 0.170. The second kappa shape index (κ2) is 5.14. The molecule has 0 saturated heterocycles. The minimum Gasteiger partial charge on any atom is -0.497 e. The van der Waals surface area contributed by atoms with Crippen molar-refractivity contribution in [3.8, 4) is 5.75 Å². The van der Waals surface area contributed by atoms with Crippen LogP contribution < -0.4 is 10.3 Å². The summed E-state index contributed by atoms with van der Waals surface area (Å²) >= 11 is 0. The van der Waals surface area contributed by atoms with Gasteiger partial charge >= 0.3 is 5.97 Å². The molecule has 2 rings (SSSR count). The molecule has 5 nitrogen and oxygen atoms in total. The number of methoxy groups -OCH3 is 1. The number of carboxylic acids is 1. The van der Waals surface area contributed by atoms with Gasteiger partial charge in [0, 0.05) is 22.9 Å². The van der Waals surface area contributed by atoms with Crippen molar-refractivity contribution in [1.29, 1.82) is 0 Å². The number of benzene rings is 1. The standard InChI is InChI=1S/C14H15NO4/c1-8-10(4-6-13(16)17)14(18)15-12-5-3-9(19-2)7-11(8)12/h3,5,7H,4,6H2,1-2H3,(H,15,18)(H,16,17). The van der Waals surface area contributed by atoms with Crippen LogP contribution in [-0.2, 0) is 11.2 Å². The number of H-pyrrole nitrogens is 1. The minimum atomic E-state index is -0.912. The van der Waals surface area contributed by atoms with Crippen LogP contribution in [0.3, 0.4) is 0 Å². The Morgan fingerprint density at radius 1 is 1.42 bits per heavy atom. The summed E-state index contributed by atoms with van der Waals surface area (Å²) in [5.74, 6) is -0.212. The van der Waals surface area contributed by atoms with Crippen LogP contribution >= 0.6 is 0 Å². The van der Waals surface area contributed by atoms with Gasteiger partial charge in [-0.15, -0.1) is 0 Å². The fourth-order valence-corrected chi connectivity index (χ4v) is 2.13. The summed E-state index contributed by atoms with van der Waals surface area (Å²) < 4.78 is 5.16. The predicted molar refractivity (Wildman–Crippen MR) is 71.8 cm³/mol. The molecule has 0 fully saturated rings. The quantitative estimate of drug-likeness (QED) is 0.880. The van der Waals surface area contributed by atoms with Gasteiger partial charge in [0.2, 0.25) is 0 Å². The number of aromatic amines is 1. The van der Waals surface area contributed by atoms with E-state index in [2.05, 4.69) is 4.98 Å². The van der Waals surface area contributed by atoms with Crippen LogP contribution in [0.2, 0.25) is 0 Å². The van der Waals surface area contributed by atoms with E-state index < -0.39 is 5.97 Å². The van der Waals surface area contributed by atoms with Gasteiger partial charge in [-0.2, -0.15) is 0 Å². The zero-order chi connectivity index (χ0) is 14.0. The Hall–Kier alpha value is -2.30. The molecular weight excluding hydrogens is 246 g/mol. The number of nitrogens with one attached hydrogen (secondary N) is 1. The monoisotopic (exact) mass is 261 g/mol. The lowest BCUT2D eigenvalue weighted by molar-refractivity contribution is -0.136. The highest BCUT2D eigenvalue weighted by Crippen LogP contribution is 2.23. The van der Waals surface area contributed by atoms with Crippen molar-refractivity contribution in [2.75, 3.05) is 7.11 Å². The molecule has 5 heteroatoms. The van der Waals surface area contributed by atoms with E-state index in [4.69, 9.17) is 9.84 Å². The van der Waals surface area contributed by atoms with E-state index >= 15 is 0 Å². The summed E-state index contributed by atoms with van der Waals surface area (Å²) in [7, 11) is 1.58. The van der Waals surface area contributed by atoms with Gasteiger partial charge in [-0.25, -0.2) is 0 Å². The summed E-state index contributed by atoms with van der Waals surface area (Å²) in [5.41, 5.74) is 1.82. The molecule has 0 saturated carbocycles. The summed E-state index contributed by atoms with van der Waals surface area (Å²) in [4.78, 5) is 25.3. The second-order valence-electron chi connectivity index (χ2n) is 4.36. The molecule has 0 atom stereocenters. The zero-order valence-corrected chi connectivity index (χ0v) is 10.8. The largest absolute Gasteiger partial charge is 0.497 e. The number of fused-ring (bicyclic) bond motifs is 1. The molecule has 0 unspecified atom stereocenters. The van der Waals surface area contributed by atoms with E-state index in [1.54, 1.807) is 19.2 Å². The maximum atomic E-state index is 11.9. The highest BCUT2D eigenvalue weighted by Gasteiger charge is 2.11. The first-order valence-electron chi connectivity index (χ1n) is 5.94. The van der Waals surface area contributed by atoms with Crippen LogP contribution in [-0.4, -0.2) is 23.2 Å². The fraction of sp³-hybridized carbons (Fsp3) is 0.286. The minimum absolute atomic E-state index is 0.0562. The Balaban J connectivity index is 2.58. The molecule has 0 aliphatic carbocycles. The first-order chi connectivity index (χ1) is 9.02. The van der Waals surface area contributed by atoms with E-state index in [-0.39, 0.29) is 18.4 Å². The maximum absolute atomic E-state index is 11.9. The van der Waals surface area contributed by atoms with Gasteiger partial charge in [-0.3, -0.25) is 9.59 Å². The highest BCUT2D eigenvalue weighted by atomic mass is 16.5. The number of carbonyl (C=O) groups is 1. The van der Waals surface area contributed by atoms with Crippen LogP contribution in [0.5, 0.6) is 5.75 Å². The lowest BCUT2D eigenvalue weighted by Gasteiger charge is -2.09. The molecule has 100 valence electrons. The fourth-order valence-electron chi connectivity index (χ4n) is 2.13. The molecular formula is C14H15NO4. The molecule has 1 aromatic heterocycles. The smallest absolute Gasteiger partial charge is 0.303 e. The number of carboxylic acid groups (broad SMARTS) is 1. The third-order valence-corrected chi connectivity index (χ3v) is 3.19. The zero-order valence-electron chi connectivity index (χ0n) is 10.8. The average molecular weight is 261 g/mol. The van der Waals surface area contributed by atoms with Crippen molar-refractivity contribution in [1.82, 2.24) is 4.98 Å². The summed E-state index contributed by atoms with van der Waals surface area (Å²) in [6, 6.07) is 5.39. The Labute approximate surface area is 109 Å². The number of aliphatic carboxylic acids is 1. The molecule has 0 aliphatic rings. The Morgan fingerprint density at radius 2 is 2.16 bits per heavy atom. The van der Waals surface area contributed by atoms with E-state index in [0.29, 0.717) is 11.3 Å². The number of pyridine rings is 1. The number of hydrogen-bond acceptors (Lipinski definition) is 3. The molecule has 1 heterocycles. The second-order valence-corrected chi connectivity index (χ2v) is 4.36. The van der Waals surface area contributed by atoms with Gasteiger partial charge in [0.05, 0.1) is 7.11 Å². The van der Waals surface area contributed by atoms with Gasteiger partial charge < -0.3 is 14.8 Å². The van der Waals surface area contributed by atoms with Gasteiger partial charge in [0.1, 0.15) is 5.75 Å². The molecule has 2 aromatic rings. The van der Waals surface area contributed by atoms with Crippen molar-refractivity contribution in [2.24, 2.45) is 0 Å². The Kier molecular flexibility index (Phi) is 3.55. The van der Waals surface area contributed by atoms with E-state index in [0.717, 1.165) is 16.5 Å². The first-order valence-corrected chi connectivity index (χ1v) is 5.94. The van der Waals surface area contributed by atoms with Crippen molar-refractivity contribution >= 4 is 16.9 Å². The normalized spacial score (nSPS) is 10.6. The molecule has 0 aliphatic heterocycles. The lowest BCUT2D eigenvalue weighted by atomic mass is 10.0. The predicted octanol–water partition coefficient (Wildman–Crippen LogP) is 1.86. The summed E-state index contributed by atoms with van der Waals surface area (Å²) in [6.45, 7) is 1.83. The molecule has 19 heavy (non-hydrogen) atoms. The molecule has 0 spiro atoms. The lowest BCUT2D eigenvalue weighted by Crippen LogP contribution is -2.16. The molecule has 2 N–H and O–H groups in total. The van der Waals surface area contributed by atoms with Crippen LogP contribution in [0.4, 0.5) is 0 Å². The van der Waals surface area contributed by atoms with E-state index in [9.17, 15) is 9.59 Å². The Morgan fingerprint density at radius 3 is 2.79 bits per heavy atom. The SMILES string of the molecule is COc1ccc2[nH]c(=O)c(CCC(=O)O)c(C)c2c1. The number of aryl methyl sites for hydroxylation is 1. The van der Waals surface area contributed by atoms with Crippen molar-refractivity contribution in [2.45, 2.75) is 19.8 Å². The van der Waals surface area contributed by atoms with Crippen molar-refractivity contribution < 1.29 is 14.6 Å². The van der Waals surface area contributed by atoms with Crippen molar-refractivity contribution in [3.05, 3.63) is 39.7 Å². The number of hydrogen-bond donors (Lipinski definition) is 2. The van der Waals surface area contributed by atoms with Crippen molar-refractivity contribution in [3.63, 3.8) is 0 Å². The Bertz CT molecular complexity index is 688.